The van der Waals surface area contributed by atoms with Gasteiger partial charge < -0.3 is 15.4 Å². The monoisotopic (exact) mass is 324 g/mol. The molecule has 1 heterocycles. The molecule has 2 aromatic rings. The Balaban J connectivity index is 1.68. The Kier molecular flexibility index (Phi) is 4.25. The van der Waals surface area contributed by atoms with Crippen molar-refractivity contribution in [3.63, 3.8) is 0 Å². The van der Waals surface area contributed by atoms with E-state index in [9.17, 15) is 9.59 Å². The third-order valence-corrected chi connectivity index (χ3v) is 3.83. The van der Waals surface area contributed by atoms with Crippen LogP contribution in [0.5, 0.6) is 5.75 Å². The molecule has 2 N–H and O–H groups in total. The van der Waals surface area contributed by atoms with E-state index in [1.54, 1.807) is 6.07 Å². The lowest BCUT2D eigenvalue weighted by atomic mass is 10.1. The Labute approximate surface area is 141 Å². The number of nitrogens with one attached hydrogen (secondary N) is 2. The van der Waals surface area contributed by atoms with Crippen LogP contribution in [-0.4, -0.2) is 17.9 Å². The van der Waals surface area contributed by atoms with E-state index in [2.05, 4.69) is 10.6 Å². The first-order valence-electron chi connectivity index (χ1n) is 7.87. The van der Waals surface area contributed by atoms with Crippen LogP contribution in [0.1, 0.15) is 23.1 Å². The molecule has 0 bridgehead atoms. The summed E-state index contributed by atoms with van der Waals surface area (Å²) in [6, 6.07) is 11.4. The molecule has 0 saturated heterocycles. The van der Waals surface area contributed by atoms with Crippen LogP contribution >= 0.6 is 0 Å². The van der Waals surface area contributed by atoms with Gasteiger partial charge in [-0.05, 0) is 61.7 Å². The van der Waals surface area contributed by atoms with E-state index in [0.717, 1.165) is 22.4 Å². The Hall–Kier alpha value is -2.82. The fourth-order valence-electron chi connectivity index (χ4n) is 2.83. The number of hydrogen-bond donors (Lipinski definition) is 2. The average molecular weight is 324 g/mol. The van der Waals surface area contributed by atoms with Gasteiger partial charge in [0.05, 0.1) is 12.1 Å². The molecular formula is C19H20N2O3. The smallest absolute Gasteiger partial charge is 0.266 e. The molecule has 24 heavy (non-hydrogen) atoms. The van der Waals surface area contributed by atoms with Crippen LogP contribution in [0, 0.1) is 20.8 Å². The number of aryl methyl sites for hydroxylation is 3. The SMILES string of the molecule is Cc1cc(C)cc(NC(=O)C[C@H]2Oc3ccc(C)cc3NC2=O)c1. The minimum Gasteiger partial charge on any atom is -0.478 e. The van der Waals surface area contributed by atoms with Gasteiger partial charge in [-0.25, -0.2) is 0 Å². The Morgan fingerprint density at radius 3 is 2.50 bits per heavy atom. The molecule has 2 amide bonds. The van der Waals surface area contributed by atoms with Gasteiger partial charge in [0, 0.05) is 5.69 Å². The fourth-order valence-corrected chi connectivity index (χ4v) is 2.83. The van der Waals surface area contributed by atoms with Gasteiger partial charge in [0.15, 0.2) is 6.10 Å². The van der Waals surface area contributed by atoms with E-state index in [1.165, 1.54) is 0 Å². The number of anilines is 2. The molecule has 0 saturated carbocycles. The second-order valence-corrected chi connectivity index (χ2v) is 6.22. The molecule has 0 aliphatic carbocycles. The minimum absolute atomic E-state index is 0.0356. The van der Waals surface area contributed by atoms with Crippen LogP contribution < -0.4 is 15.4 Å². The largest absolute Gasteiger partial charge is 0.478 e. The van der Waals surface area contributed by atoms with E-state index >= 15 is 0 Å². The number of carbonyl (C=O) groups is 2. The molecule has 1 aliphatic heterocycles. The van der Waals surface area contributed by atoms with Gasteiger partial charge >= 0.3 is 0 Å². The molecule has 5 heteroatoms. The third kappa shape index (κ3) is 3.56. The van der Waals surface area contributed by atoms with Crippen LogP contribution in [0.15, 0.2) is 36.4 Å². The van der Waals surface area contributed by atoms with E-state index in [4.69, 9.17) is 4.74 Å². The van der Waals surface area contributed by atoms with Crippen molar-refractivity contribution in [1.29, 1.82) is 0 Å². The lowest BCUT2D eigenvalue weighted by molar-refractivity contribution is -0.128. The molecule has 2 aromatic carbocycles. The van der Waals surface area contributed by atoms with Gasteiger partial charge in [0.1, 0.15) is 5.75 Å². The number of fused-ring (bicyclic) bond motifs is 1. The van der Waals surface area contributed by atoms with Crippen molar-refractivity contribution in [2.75, 3.05) is 10.6 Å². The number of hydrogen-bond acceptors (Lipinski definition) is 3. The first-order chi connectivity index (χ1) is 11.4. The molecule has 124 valence electrons. The van der Waals surface area contributed by atoms with Crippen molar-refractivity contribution in [3.05, 3.63) is 53.1 Å². The number of rotatable bonds is 3. The van der Waals surface area contributed by atoms with Crippen LogP contribution in [0.25, 0.3) is 0 Å². The second kappa shape index (κ2) is 6.35. The van der Waals surface area contributed by atoms with Crippen molar-refractivity contribution in [3.8, 4) is 5.75 Å². The van der Waals surface area contributed by atoms with Crippen molar-refractivity contribution in [2.24, 2.45) is 0 Å². The summed E-state index contributed by atoms with van der Waals surface area (Å²) in [5.41, 5.74) is 4.54. The van der Waals surface area contributed by atoms with E-state index in [0.29, 0.717) is 11.4 Å². The zero-order chi connectivity index (χ0) is 17.3. The predicted molar refractivity (Wildman–Crippen MR) is 93.4 cm³/mol. The van der Waals surface area contributed by atoms with Crippen molar-refractivity contribution in [1.82, 2.24) is 0 Å². The highest BCUT2D eigenvalue weighted by Gasteiger charge is 2.29. The summed E-state index contributed by atoms with van der Waals surface area (Å²) < 4.78 is 5.68. The highest BCUT2D eigenvalue weighted by Crippen LogP contribution is 2.31. The maximum atomic E-state index is 12.2. The van der Waals surface area contributed by atoms with Crippen molar-refractivity contribution >= 4 is 23.2 Å². The lowest BCUT2D eigenvalue weighted by Gasteiger charge is -2.25. The van der Waals surface area contributed by atoms with Gasteiger partial charge in [-0.2, -0.15) is 0 Å². The maximum absolute atomic E-state index is 12.2. The van der Waals surface area contributed by atoms with Crippen LogP contribution in [-0.2, 0) is 9.59 Å². The first-order valence-corrected chi connectivity index (χ1v) is 7.87. The van der Waals surface area contributed by atoms with Crippen LogP contribution in [0.2, 0.25) is 0 Å². The van der Waals surface area contributed by atoms with E-state index in [-0.39, 0.29) is 18.2 Å². The lowest BCUT2D eigenvalue weighted by Crippen LogP contribution is -2.39. The normalized spacial score (nSPS) is 16.0. The Morgan fingerprint density at radius 1 is 1.08 bits per heavy atom. The molecule has 1 aliphatic rings. The number of ether oxygens (including phenoxy) is 1. The third-order valence-electron chi connectivity index (χ3n) is 3.83. The molecule has 0 aromatic heterocycles. The molecule has 5 nitrogen and oxygen atoms in total. The zero-order valence-corrected chi connectivity index (χ0v) is 14.0. The Bertz CT molecular complexity index is 794. The van der Waals surface area contributed by atoms with Crippen molar-refractivity contribution < 1.29 is 14.3 Å². The number of benzene rings is 2. The maximum Gasteiger partial charge on any atom is 0.266 e. The van der Waals surface area contributed by atoms with Crippen molar-refractivity contribution in [2.45, 2.75) is 33.3 Å². The molecule has 0 unspecified atom stereocenters. The first kappa shape index (κ1) is 16.1. The molecule has 3 rings (SSSR count). The van der Waals surface area contributed by atoms with Gasteiger partial charge in [0.25, 0.3) is 5.91 Å². The topological polar surface area (TPSA) is 67.4 Å². The van der Waals surface area contributed by atoms with Gasteiger partial charge in [0.2, 0.25) is 5.91 Å². The quantitative estimate of drug-likeness (QED) is 0.910. The average Bonchev–Trinajstić information content (AvgIpc) is 2.47. The minimum atomic E-state index is -0.828. The van der Waals surface area contributed by atoms with Crippen LogP contribution in [0.3, 0.4) is 0 Å². The van der Waals surface area contributed by atoms with E-state index < -0.39 is 6.10 Å². The molecule has 0 spiro atoms. The molecule has 0 fully saturated rings. The Morgan fingerprint density at radius 2 is 1.79 bits per heavy atom. The second-order valence-electron chi connectivity index (χ2n) is 6.22. The standard InChI is InChI=1S/C19H20N2O3/c1-11-4-5-16-15(9-11)21-19(23)17(24-16)10-18(22)20-14-7-12(2)6-13(3)8-14/h4-9,17H,10H2,1-3H3,(H,20,22)(H,21,23)/t17-/m1/s1. The summed E-state index contributed by atoms with van der Waals surface area (Å²) in [5.74, 6) is 0.0313. The summed E-state index contributed by atoms with van der Waals surface area (Å²) in [4.78, 5) is 24.4. The predicted octanol–water partition coefficient (Wildman–Crippen LogP) is 3.34. The summed E-state index contributed by atoms with van der Waals surface area (Å²) in [7, 11) is 0. The van der Waals surface area contributed by atoms with Gasteiger partial charge in [-0.1, -0.05) is 12.1 Å². The zero-order valence-electron chi connectivity index (χ0n) is 14.0. The molecular weight excluding hydrogens is 304 g/mol. The summed E-state index contributed by atoms with van der Waals surface area (Å²) in [5, 5.41) is 5.62. The molecule has 1 atom stereocenters. The number of carbonyl (C=O) groups excluding carboxylic acids is 2. The number of amides is 2. The van der Waals surface area contributed by atoms with Gasteiger partial charge in [-0.3, -0.25) is 9.59 Å². The van der Waals surface area contributed by atoms with Crippen LogP contribution in [0.4, 0.5) is 11.4 Å². The summed E-state index contributed by atoms with van der Waals surface area (Å²) in [6.07, 6.45) is -0.863. The fraction of sp³-hybridized carbons (Fsp3) is 0.263. The van der Waals surface area contributed by atoms with Gasteiger partial charge in [-0.15, -0.1) is 0 Å². The highest BCUT2D eigenvalue weighted by molar-refractivity contribution is 6.02. The summed E-state index contributed by atoms with van der Waals surface area (Å²) >= 11 is 0. The summed E-state index contributed by atoms with van der Waals surface area (Å²) in [6.45, 7) is 5.88. The highest BCUT2D eigenvalue weighted by atomic mass is 16.5. The van der Waals surface area contributed by atoms with E-state index in [1.807, 2.05) is 51.1 Å². The molecule has 0 radical (unpaired) electrons.